The van der Waals surface area contributed by atoms with E-state index >= 15 is 0 Å². The molecule has 0 aliphatic carbocycles. The number of likely N-dealkylation sites (N-methyl/N-ethyl adjacent to an activating group) is 1. The summed E-state index contributed by atoms with van der Waals surface area (Å²) in [5, 5.41) is 3.20. The van der Waals surface area contributed by atoms with Gasteiger partial charge in [-0.3, -0.25) is 9.78 Å². The molecule has 0 saturated carbocycles. The molecule has 1 aromatic rings. The van der Waals surface area contributed by atoms with Crippen LogP contribution >= 0.6 is 0 Å². The van der Waals surface area contributed by atoms with Crippen molar-refractivity contribution in [1.29, 1.82) is 0 Å². The zero-order valence-electron chi connectivity index (χ0n) is 10.3. The summed E-state index contributed by atoms with van der Waals surface area (Å²) in [6.07, 6.45) is 3.60. The van der Waals surface area contributed by atoms with Gasteiger partial charge in [-0.25, -0.2) is 0 Å². The highest BCUT2D eigenvalue weighted by atomic mass is 16.2. The second-order valence-corrected chi connectivity index (χ2v) is 4.14. The Morgan fingerprint density at radius 3 is 2.81 bits per heavy atom. The number of pyridine rings is 1. The van der Waals surface area contributed by atoms with Crippen LogP contribution in [0.5, 0.6) is 0 Å². The summed E-state index contributed by atoms with van der Waals surface area (Å²) in [5.41, 5.74) is 2.31. The fourth-order valence-electron chi connectivity index (χ4n) is 1.44. The molecule has 1 unspecified atom stereocenters. The lowest BCUT2D eigenvalue weighted by Gasteiger charge is -2.18. The SMILES string of the molecule is Cc1cnccc1CNC(C)C(=O)N(C)C. The average Bonchev–Trinajstić information content (AvgIpc) is 2.26. The number of hydrogen-bond donors (Lipinski definition) is 1. The Labute approximate surface area is 96.7 Å². The van der Waals surface area contributed by atoms with Crippen LogP contribution in [0.2, 0.25) is 0 Å². The first-order valence-electron chi connectivity index (χ1n) is 5.36. The Balaban J connectivity index is 2.52. The Morgan fingerprint density at radius 2 is 2.25 bits per heavy atom. The Hall–Kier alpha value is -1.42. The molecule has 0 spiro atoms. The van der Waals surface area contributed by atoms with Crippen molar-refractivity contribution in [2.75, 3.05) is 14.1 Å². The van der Waals surface area contributed by atoms with Crippen LogP contribution < -0.4 is 5.32 Å². The van der Waals surface area contributed by atoms with Gasteiger partial charge in [-0.05, 0) is 31.0 Å². The van der Waals surface area contributed by atoms with E-state index in [1.165, 1.54) is 5.56 Å². The lowest BCUT2D eigenvalue weighted by Crippen LogP contribution is -2.41. The van der Waals surface area contributed by atoms with Crippen molar-refractivity contribution in [3.8, 4) is 0 Å². The van der Waals surface area contributed by atoms with Gasteiger partial charge in [0.05, 0.1) is 6.04 Å². The van der Waals surface area contributed by atoms with Crippen LogP contribution in [0.1, 0.15) is 18.1 Å². The van der Waals surface area contributed by atoms with Crippen LogP contribution in [0.25, 0.3) is 0 Å². The summed E-state index contributed by atoms with van der Waals surface area (Å²) in [6.45, 7) is 4.58. The number of rotatable bonds is 4. The number of nitrogens with zero attached hydrogens (tertiary/aromatic N) is 2. The summed E-state index contributed by atoms with van der Waals surface area (Å²) in [4.78, 5) is 17.2. The van der Waals surface area contributed by atoms with Crippen LogP contribution in [0.3, 0.4) is 0 Å². The molecule has 1 aromatic heterocycles. The van der Waals surface area contributed by atoms with Gasteiger partial charge in [0.2, 0.25) is 5.91 Å². The highest BCUT2D eigenvalue weighted by molar-refractivity contribution is 5.80. The molecule has 1 amide bonds. The molecular weight excluding hydrogens is 202 g/mol. The number of hydrogen-bond acceptors (Lipinski definition) is 3. The first-order valence-corrected chi connectivity index (χ1v) is 5.36. The van der Waals surface area contributed by atoms with Gasteiger partial charge in [0.25, 0.3) is 0 Å². The molecular formula is C12H19N3O. The van der Waals surface area contributed by atoms with E-state index in [4.69, 9.17) is 0 Å². The maximum Gasteiger partial charge on any atom is 0.238 e. The van der Waals surface area contributed by atoms with Crippen molar-refractivity contribution < 1.29 is 4.79 Å². The normalized spacial score (nSPS) is 12.2. The lowest BCUT2D eigenvalue weighted by atomic mass is 10.1. The average molecular weight is 221 g/mol. The highest BCUT2D eigenvalue weighted by Gasteiger charge is 2.13. The van der Waals surface area contributed by atoms with Gasteiger partial charge in [-0.2, -0.15) is 0 Å². The summed E-state index contributed by atoms with van der Waals surface area (Å²) < 4.78 is 0. The topological polar surface area (TPSA) is 45.2 Å². The van der Waals surface area contributed by atoms with Crippen molar-refractivity contribution in [3.63, 3.8) is 0 Å². The smallest absolute Gasteiger partial charge is 0.238 e. The first-order chi connectivity index (χ1) is 7.52. The van der Waals surface area contributed by atoms with Crippen LogP contribution in [0.15, 0.2) is 18.5 Å². The van der Waals surface area contributed by atoms with E-state index in [-0.39, 0.29) is 11.9 Å². The molecule has 1 atom stereocenters. The monoisotopic (exact) mass is 221 g/mol. The second-order valence-electron chi connectivity index (χ2n) is 4.14. The molecule has 0 aliphatic rings. The van der Waals surface area contributed by atoms with E-state index in [2.05, 4.69) is 10.3 Å². The Kier molecular flexibility index (Phi) is 4.43. The van der Waals surface area contributed by atoms with Gasteiger partial charge in [0.1, 0.15) is 0 Å². The maximum atomic E-state index is 11.6. The molecule has 1 rings (SSSR count). The number of aromatic nitrogens is 1. The van der Waals surface area contributed by atoms with E-state index in [0.29, 0.717) is 6.54 Å². The van der Waals surface area contributed by atoms with Crippen LogP contribution in [-0.4, -0.2) is 35.9 Å². The minimum Gasteiger partial charge on any atom is -0.347 e. The van der Waals surface area contributed by atoms with Crippen molar-refractivity contribution in [2.45, 2.75) is 26.4 Å². The quantitative estimate of drug-likeness (QED) is 0.823. The number of amides is 1. The molecule has 0 bridgehead atoms. The Bertz CT molecular complexity index is 363. The summed E-state index contributed by atoms with van der Waals surface area (Å²) in [7, 11) is 3.52. The molecule has 0 fully saturated rings. The molecule has 4 nitrogen and oxygen atoms in total. The highest BCUT2D eigenvalue weighted by Crippen LogP contribution is 2.04. The molecule has 0 aliphatic heterocycles. The fraction of sp³-hybridized carbons (Fsp3) is 0.500. The van der Waals surface area contributed by atoms with Gasteiger partial charge < -0.3 is 10.2 Å². The molecule has 4 heteroatoms. The standard InChI is InChI=1S/C12H19N3O/c1-9-7-13-6-5-11(9)8-14-10(2)12(16)15(3)4/h5-7,10,14H,8H2,1-4H3. The molecule has 1 N–H and O–H groups in total. The van der Waals surface area contributed by atoms with Gasteiger partial charge in [0, 0.05) is 33.0 Å². The third kappa shape index (κ3) is 3.31. The zero-order chi connectivity index (χ0) is 12.1. The van der Waals surface area contributed by atoms with Crippen LogP contribution in [-0.2, 0) is 11.3 Å². The van der Waals surface area contributed by atoms with Crippen molar-refractivity contribution in [2.24, 2.45) is 0 Å². The van der Waals surface area contributed by atoms with E-state index < -0.39 is 0 Å². The first kappa shape index (κ1) is 12.6. The molecule has 16 heavy (non-hydrogen) atoms. The van der Waals surface area contributed by atoms with E-state index in [1.54, 1.807) is 25.2 Å². The predicted molar refractivity (Wildman–Crippen MR) is 64.0 cm³/mol. The van der Waals surface area contributed by atoms with Crippen molar-refractivity contribution in [1.82, 2.24) is 15.2 Å². The van der Waals surface area contributed by atoms with Gasteiger partial charge in [0.15, 0.2) is 0 Å². The fourth-order valence-corrected chi connectivity index (χ4v) is 1.44. The predicted octanol–water partition coefficient (Wildman–Crippen LogP) is 0.956. The van der Waals surface area contributed by atoms with Crippen LogP contribution in [0, 0.1) is 6.92 Å². The zero-order valence-corrected chi connectivity index (χ0v) is 10.3. The van der Waals surface area contributed by atoms with Gasteiger partial charge in [-0.15, -0.1) is 0 Å². The lowest BCUT2D eigenvalue weighted by molar-refractivity contribution is -0.130. The summed E-state index contributed by atoms with van der Waals surface area (Å²) in [6, 6.07) is 1.80. The summed E-state index contributed by atoms with van der Waals surface area (Å²) in [5.74, 6) is 0.0895. The van der Waals surface area contributed by atoms with Gasteiger partial charge in [-0.1, -0.05) is 0 Å². The van der Waals surface area contributed by atoms with Crippen molar-refractivity contribution >= 4 is 5.91 Å². The molecule has 1 heterocycles. The third-order valence-electron chi connectivity index (χ3n) is 2.55. The van der Waals surface area contributed by atoms with Crippen LogP contribution in [0.4, 0.5) is 0 Å². The second kappa shape index (κ2) is 5.61. The third-order valence-corrected chi connectivity index (χ3v) is 2.55. The number of nitrogens with one attached hydrogen (secondary N) is 1. The number of carbonyl (C=O) groups excluding carboxylic acids is 1. The largest absolute Gasteiger partial charge is 0.347 e. The van der Waals surface area contributed by atoms with E-state index in [1.807, 2.05) is 26.1 Å². The Morgan fingerprint density at radius 1 is 1.56 bits per heavy atom. The summed E-state index contributed by atoms with van der Waals surface area (Å²) >= 11 is 0. The number of carbonyl (C=O) groups is 1. The molecule has 0 aromatic carbocycles. The molecule has 0 saturated heterocycles. The minimum atomic E-state index is -0.164. The molecule has 0 radical (unpaired) electrons. The maximum absolute atomic E-state index is 11.6. The van der Waals surface area contributed by atoms with E-state index in [0.717, 1.165) is 5.56 Å². The minimum absolute atomic E-state index is 0.0895. The van der Waals surface area contributed by atoms with Gasteiger partial charge >= 0.3 is 0 Å². The number of aryl methyl sites for hydroxylation is 1. The van der Waals surface area contributed by atoms with E-state index in [9.17, 15) is 4.79 Å². The molecule has 88 valence electrons. The van der Waals surface area contributed by atoms with Crippen molar-refractivity contribution in [3.05, 3.63) is 29.6 Å².